The van der Waals surface area contributed by atoms with E-state index in [-0.39, 0.29) is 12.0 Å². The van der Waals surface area contributed by atoms with Gasteiger partial charge in [0.1, 0.15) is 0 Å². The summed E-state index contributed by atoms with van der Waals surface area (Å²) in [4.78, 5) is 0.360. The molecule has 20 heavy (non-hydrogen) atoms. The molecule has 112 valence electrons. The fraction of sp³-hybridized carbons (Fsp3) is 0.600. The van der Waals surface area contributed by atoms with Gasteiger partial charge in [-0.1, -0.05) is 32.9 Å². The van der Waals surface area contributed by atoms with E-state index in [1.165, 1.54) is 4.31 Å². The van der Waals surface area contributed by atoms with Crippen LogP contribution in [0.2, 0.25) is 0 Å². The first-order valence-electron chi connectivity index (χ1n) is 6.92. The summed E-state index contributed by atoms with van der Waals surface area (Å²) >= 11 is 0. The van der Waals surface area contributed by atoms with Gasteiger partial charge >= 0.3 is 0 Å². The first kappa shape index (κ1) is 15.5. The highest BCUT2D eigenvalue weighted by Crippen LogP contribution is 2.29. The average molecular weight is 297 g/mol. The predicted octanol–water partition coefficient (Wildman–Crippen LogP) is 2.05. The molecule has 5 heteroatoms. The lowest BCUT2D eigenvalue weighted by molar-refractivity contribution is 0.189. The molecule has 1 atom stereocenters. The van der Waals surface area contributed by atoms with E-state index >= 15 is 0 Å². The van der Waals surface area contributed by atoms with Gasteiger partial charge in [0.25, 0.3) is 0 Å². The highest BCUT2D eigenvalue weighted by molar-refractivity contribution is 7.89. The molecule has 1 aliphatic rings. The molecule has 1 saturated heterocycles. The number of nitrogens with zero attached hydrogens (tertiary/aromatic N) is 1. The SMILES string of the molecule is Cc1ccc(C(C)(C)C)cc1S(=O)(=O)N1CC[C@@H](O)C1. The van der Waals surface area contributed by atoms with Crippen molar-refractivity contribution in [2.45, 2.75) is 50.5 Å². The highest BCUT2D eigenvalue weighted by atomic mass is 32.2. The monoisotopic (exact) mass is 297 g/mol. The quantitative estimate of drug-likeness (QED) is 0.909. The number of aliphatic hydroxyl groups is 1. The van der Waals surface area contributed by atoms with Crippen molar-refractivity contribution in [2.24, 2.45) is 0 Å². The molecule has 0 unspecified atom stereocenters. The van der Waals surface area contributed by atoms with E-state index < -0.39 is 16.1 Å². The van der Waals surface area contributed by atoms with Gasteiger partial charge in [-0.3, -0.25) is 0 Å². The lowest BCUT2D eigenvalue weighted by Crippen LogP contribution is -2.30. The third-order valence-electron chi connectivity index (χ3n) is 3.80. The zero-order valence-corrected chi connectivity index (χ0v) is 13.4. The van der Waals surface area contributed by atoms with Crippen molar-refractivity contribution >= 4 is 10.0 Å². The van der Waals surface area contributed by atoms with E-state index in [2.05, 4.69) is 20.8 Å². The first-order valence-corrected chi connectivity index (χ1v) is 8.36. The highest BCUT2D eigenvalue weighted by Gasteiger charge is 2.33. The van der Waals surface area contributed by atoms with Gasteiger partial charge in [0.15, 0.2) is 0 Å². The van der Waals surface area contributed by atoms with Crippen molar-refractivity contribution in [1.29, 1.82) is 0 Å². The largest absolute Gasteiger partial charge is 0.392 e. The standard InChI is InChI=1S/C15H23NO3S/c1-11-5-6-12(15(2,3)4)9-14(11)20(18,19)16-8-7-13(17)10-16/h5-6,9,13,17H,7-8,10H2,1-4H3/t13-/m1/s1. The summed E-state index contributed by atoms with van der Waals surface area (Å²) in [7, 11) is -3.51. The molecule has 0 aromatic heterocycles. The molecular weight excluding hydrogens is 274 g/mol. The molecule has 1 N–H and O–H groups in total. The third-order valence-corrected chi connectivity index (χ3v) is 5.81. The van der Waals surface area contributed by atoms with Gasteiger partial charge in [-0.05, 0) is 36.0 Å². The van der Waals surface area contributed by atoms with Gasteiger partial charge in [-0.15, -0.1) is 0 Å². The summed E-state index contributed by atoms with van der Waals surface area (Å²) in [6.45, 7) is 8.59. The molecule has 1 fully saturated rings. The molecule has 0 aliphatic carbocycles. The van der Waals surface area contributed by atoms with E-state index in [4.69, 9.17) is 0 Å². The Balaban J connectivity index is 2.46. The van der Waals surface area contributed by atoms with Crippen LogP contribution >= 0.6 is 0 Å². The maximum Gasteiger partial charge on any atom is 0.243 e. The molecule has 0 saturated carbocycles. The molecule has 1 aromatic carbocycles. The molecule has 2 rings (SSSR count). The van der Waals surface area contributed by atoms with Crippen LogP contribution in [-0.2, 0) is 15.4 Å². The molecule has 1 heterocycles. The van der Waals surface area contributed by atoms with Crippen LogP contribution in [0.25, 0.3) is 0 Å². The fourth-order valence-electron chi connectivity index (χ4n) is 2.41. The third kappa shape index (κ3) is 2.90. The van der Waals surface area contributed by atoms with Crippen LogP contribution in [0.5, 0.6) is 0 Å². The van der Waals surface area contributed by atoms with Gasteiger partial charge in [-0.25, -0.2) is 8.42 Å². The molecule has 1 aromatic rings. The Morgan fingerprint density at radius 2 is 1.95 bits per heavy atom. The number of rotatable bonds is 2. The molecular formula is C15H23NO3S. The summed E-state index contributed by atoms with van der Waals surface area (Å²) in [5.41, 5.74) is 1.66. The van der Waals surface area contributed by atoms with Crippen molar-refractivity contribution in [3.05, 3.63) is 29.3 Å². The molecule has 1 aliphatic heterocycles. The van der Waals surface area contributed by atoms with E-state index in [0.717, 1.165) is 11.1 Å². The molecule has 0 bridgehead atoms. The molecule has 0 spiro atoms. The van der Waals surface area contributed by atoms with Gasteiger partial charge in [0, 0.05) is 13.1 Å². The van der Waals surface area contributed by atoms with Crippen LogP contribution in [-0.4, -0.2) is 37.0 Å². The number of aryl methyl sites for hydroxylation is 1. The van der Waals surface area contributed by atoms with Crippen LogP contribution < -0.4 is 0 Å². The summed E-state index contributed by atoms with van der Waals surface area (Å²) < 4.78 is 26.8. The number of benzene rings is 1. The zero-order valence-electron chi connectivity index (χ0n) is 12.5. The molecule has 0 radical (unpaired) electrons. The minimum atomic E-state index is -3.51. The van der Waals surface area contributed by atoms with E-state index in [1.54, 1.807) is 6.07 Å². The Morgan fingerprint density at radius 1 is 1.30 bits per heavy atom. The summed E-state index contributed by atoms with van der Waals surface area (Å²) in [5.74, 6) is 0. The predicted molar refractivity (Wildman–Crippen MR) is 79.3 cm³/mol. The minimum Gasteiger partial charge on any atom is -0.392 e. The Bertz CT molecular complexity index is 602. The Hall–Kier alpha value is -0.910. The second-order valence-corrected chi connectivity index (χ2v) is 8.44. The Morgan fingerprint density at radius 3 is 2.45 bits per heavy atom. The van der Waals surface area contributed by atoms with Crippen molar-refractivity contribution in [2.75, 3.05) is 13.1 Å². The summed E-state index contributed by atoms with van der Waals surface area (Å²) in [6.07, 6.45) is -0.0343. The summed E-state index contributed by atoms with van der Waals surface area (Å²) in [5, 5.41) is 9.56. The maximum absolute atomic E-state index is 12.7. The normalized spacial score (nSPS) is 21.4. The number of β-amino-alcohol motifs (C(OH)–C–C–N with tert-alkyl or cyclic N) is 1. The molecule has 0 amide bonds. The Labute approximate surface area is 121 Å². The van der Waals surface area contributed by atoms with Crippen molar-refractivity contribution in [1.82, 2.24) is 4.31 Å². The maximum atomic E-state index is 12.7. The van der Waals surface area contributed by atoms with Crippen LogP contribution in [0.1, 0.15) is 38.3 Å². The summed E-state index contributed by atoms with van der Waals surface area (Å²) in [6, 6.07) is 5.61. The van der Waals surface area contributed by atoms with Gasteiger partial charge < -0.3 is 5.11 Å². The second kappa shape index (κ2) is 5.13. The van der Waals surface area contributed by atoms with Crippen molar-refractivity contribution in [3.8, 4) is 0 Å². The molecule has 4 nitrogen and oxygen atoms in total. The van der Waals surface area contributed by atoms with Gasteiger partial charge in [0.05, 0.1) is 11.0 Å². The number of sulfonamides is 1. The van der Waals surface area contributed by atoms with E-state index in [0.29, 0.717) is 17.9 Å². The first-order chi connectivity index (χ1) is 9.12. The number of hydrogen-bond donors (Lipinski definition) is 1. The minimum absolute atomic E-state index is 0.0947. The van der Waals surface area contributed by atoms with Crippen molar-refractivity contribution < 1.29 is 13.5 Å². The average Bonchev–Trinajstić information content (AvgIpc) is 2.75. The van der Waals surface area contributed by atoms with E-state index in [9.17, 15) is 13.5 Å². The van der Waals surface area contributed by atoms with Gasteiger partial charge in [0.2, 0.25) is 10.0 Å². The van der Waals surface area contributed by atoms with Gasteiger partial charge in [-0.2, -0.15) is 4.31 Å². The number of aliphatic hydroxyl groups excluding tert-OH is 1. The fourth-order valence-corrected chi connectivity index (χ4v) is 4.16. The second-order valence-electron chi connectivity index (χ2n) is 6.54. The number of hydrogen-bond acceptors (Lipinski definition) is 3. The topological polar surface area (TPSA) is 57.6 Å². The lowest BCUT2D eigenvalue weighted by Gasteiger charge is -2.23. The lowest BCUT2D eigenvalue weighted by atomic mass is 9.87. The van der Waals surface area contributed by atoms with Crippen LogP contribution in [0.15, 0.2) is 23.1 Å². The van der Waals surface area contributed by atoms with Crippen LogP contribution in [0.3, 0.4) is 0 Å². The van der Waals surface area contributed by atoms with Crippen LogP contribution in [0.4, 0.5) is 0 Å². The van der Waals surface area contributed by atoms with Crippen molar-refractivity contribution in [3.63, 3.8) is 0 Å². The van der Waals surface area contributed by atoms with Crippen LogP contribution in [0, 0.1) is 6.92 Å². The smallest absolute Gasteiger partial charge is 0.243 e. The van der Waals surface area contributed by atoms with E-state index in [1.807, 2.05) is 19.1 Å². The Kier molecular flexibility index (Phi) is 3.97. The zero-order chi connectivity index (χ0) is 15.1.